The molecule has 1 N–H and O–H groups in total. The molecule has 0 spiro atoms. The van der Waals surface area contributed by atoms with Crippen LogP contribution in [0.3, 0.4) is 0 Å². The average Bonchev–Trinajstić information content (AvgIpc) is 2.61. The second-order valence-corrected chi connectivity index (χ2v) is 6.89. The van der Waals surface area contributed by atoms with E-state index in [1.54, 1.807) is 5.92 Å². The van der Waals surface area contributed by atoms with Crippen LogP contribution in [0.2, 0.25) is 0 Å². The third-order valence-corrected chi connectivity index (χ3v) is 5.03. The number of aryl methyl sites for hydroxylation is 2. The van der Waals surface area contributed by atoms with Gasteiger partial charge in [0, 0.05) is 6.61 Å². The molecule has 2 aromatic carbocycles. The van der Waals surface area contributed by atoms with Crippen molar-refractivity contribution in [1.82, 2.24) is 0 Å². The lowest BCUT2D eigenvalue weighted by molar-refractivity contribution is 0.288. The molecule has 1 unspecified atom stereocenters. The lowest BCUT2D eigenvalue weighted by atomic mass is 9.81. The molecule has 0 saturated carbocycles. The van der Waals surface area contributed by atoms with Gasteiger partial charge in [-0.1, -0.05) is 68.8 Å². The Kier molecular flexibility index (Phi) is 7.52. The highest BCUT2D eigenvalue weighted by atomic mass is 16.2. The lowest BCUT2D eigenvalue weighted by Gasteiger charge is -2.24. The van der Waals surface area contributed by atoms with E-state index in [0.29, 0.717) is 5.92 Å². The van der Waals surface area contributed by atoms with E-state index in [4.69, 9.17) is 5.11 Å². The van der Waals surface area contributed by atoms with Gasteiger partial charge in [0.25, 0.3) is 0 Å². The monoisotopic (exact) mass is 323 g/mol. The van der Waals surface area contributed by atoms with E-state index in [0.717, 1.165) is 25.7 Å². The van der Waals surface area contributed by atoms with Crippen LogP contribution < -0.4 is 0 Å². The Morgan fingerprint density at radius 1 is 1.00 bits per heavy atom. The molecule has 0 saturated heterocycles. The second-order valence-electron chi connectivity index (χ2n) is 6.89. The van der Waals surface area contributed by atoms with Crippen molar-refractivity contribution in [1.29, 1.82) is 0 Å². The summed E-state index contributed by atoms with van der Waals surface area (Å²) in [5, 5.41) is 9.00. The fourth-order valence-corrected chi connectivity index (χ4v) is 3.20. The zero-order valence-corrected chi connectivity index (χ0v) is 15.4. The Hall–Kier alpha value is -1.60. The summed E-state index contributed by atoms with van der Waals surface area (Å²) in [6.07, 6.45) is 5.13. The first kappa shape index (κ1) is 18.7. The van der Waals surface area contributed by atoms with E-state index >= 15 is 0 Å². The van der Waals surface area contributed by atoms with Gasteiger partial charge >= 0.3 is 0 Å². The van der Waals surface area contributed by atoms with Gasteiger partial charge in [-0.2, -0.15) is 0 Å². The molecule has 0 aliphatic rings. The lowest BCUT2D eigenvalue weighted by Crippen LogP contribution is -2.15. The summed E-state index contributed by atoms with van der Waals surface area (Å²) >= 11 is 0. The molecule has 2 rings (SSSR count). The predicted octanol–water partition coefficient (Wildman–Crippen LogP) is 5.33. The largest absolute Gasteiger partial charge is 0.396 e. The Bertz CT molecular complexity index is 603. The highest BCUT2D eigenvalue weighted by Crippen LogP contribution is 2.28. The van der Waals surface area contributed by atoms with Crippen LogP contribution in [-0.2, 0) is 19.3 Å². The van der Waals surface area contributed by atoms with E-state index in [9.17, 15) is 0 Å². The van der Waals surface area contributed by atoms with Crippen molar-refractivity contribution in [2.24, 2.45) is 5.92 Å². The van der Waals surface area contributed by atoms with Crippen molar-refractivity contribution in [3.05, 3.63) is 76.7 Å². The molecule has 0 fully saturated rings. The van der Waals surface area contributed by atoms with E-state index in [-0.39, 0.29) is 6.61 Å². The van der Waals surface area contributed by atoms with Gasteiger partial charge in [0.1, 0.15) is 0 Å². The van der Waals surface area contributed by atoms with Crippen LogP contribution in [0.25, 0.3) is 0 Å². The van der Waals surface area contributed by atoms with Crippen molar-refractivity contribution < 1.29 is 5.11 Å². The molecule has 129 valence electrons. The summed E-state index contributed by atoms with van der Waals surface area (Å²) in [6.45, 7) is 7.11. The molecule has 1 nitrogen and oxygen atoms in total. The number of aliphatic hydroxyl groups excluding tert-OH is 1. The van der Waals surface area contributed by atoms with Gasteiger partial charge in [-0.3, -0.25) is 0 Å². The quantitative estimate of drug-likeness (QED) is 0.661. The molecule has 1 radical (unpaired) electrons. The maximum absolute atomic E-state index is 9.00. The summed E-state index contributed by atoms with van der Waals surface area (Å²) in [5.74, 6) is 2.26. The van der Waals surface area contributed by atoms with Gasteiger partial charge in [0.2, 0.25) is 0 Å². The topological polar surface area (TPSA) is 20.2 Å². The third kappa shape index (κ3) is 5.49. The highest BCUT2D eigenvalue weighted by molar-refractivity contribution is 5.34. The van der Waals surface area contributed by atoms with E-state index in [1.807, 2.05) is 0 Å². The van der Waals surface area contributed by atoms with Crippen molar-refractivity contribution in [3.8, 4) is 0 Å². The predicted molar refractivity (Wildman–Crippen MR) is 103 cm³/mol. The second kappa shape index (κ2) is 9.64. The zero-order valence-electron chi connectivity index (χ0n) is 15.4. The van der Waals surface area contributed by atoms with Crippen molar-refractivity contribution >= 4 is 0 Å². The Labute approximate surface area is 147 Å². The number of hydrogen-bond donors (Lipinski definition) is 1. The first-order valence-electron chi connectivity index (χ1n) is 9.21. The molecule has 24 heavy (non-hydrogen) atoms. The molecular weight excluding hydrogens is 292 g/mol. The Balaban J connectivity index is 2.11. The number of rotatable bonds is 9. The molecule has 0 heterocycles. The SMILES string of the molecule is CCC(C)[C](Cc1ccccc1)Cc1ccc(CCCO)cc1C. The minimum atomic E-state index is 0.268. The molecule has 0 aliphatic heterocycles. The van der Waals surface area contributed by atoms with Crippen LogP contribution in [0.15, 0.2) is 48.5 Å². The van der Waals surface area contributed by atoms with Crippen LogP contribution in [0, 0.1) is 18.8 Å². The normalized spacial score (nSPS) is 12.5. The van der Waals surface area contributed by atoms with Crippen LogP contribution >= 0.6 is 0 Å². The summed E-state index contributed by atoms with van der Waals surface area (Å²) in [6, 6.07) is 17.6. The van der Waals surface area contributed by atoms with Crippen molar-refractivity contribution in [2.45, 2.75) is 52.9 Å². The fourth-order valence-electron chi connectivity index (χ4n) is 3.20. The van der Waals surface area contributed by atoms with Gasteiger partial charge in [-0.15, -0.1) is 0 Å². The first-order valence-corrected chi connectivity index (χ1v) is 9.21. The van der Waals surface area contributed by atoms with Gasteiger partial charge in [-0.25, -0.2) is 0 Å². The molecule has 0 bridgehead atoms. The number of aliphatic hydroxyl groups is 1. The van der Waals surface area contributed by atoms with Crippen LogP contribution in [0.5, 0.6) is 0 Å². The first-order chi connectivity index (χ1) is 11.6. The molecule has 1 heteroatoms. The van der Waals surface area contributed by atoms with Crippen molar-refractivity contribution in [2.75, 3.05) is 6.61 Å². The maximum atomic E-state index is 9.00. The van der Waals surface area contributed by atoms with Gasteiger partial charge in [0.05, 0.1) is 0 Å². The molecule has 2 aromatic rings. The molecule has 0 aromatic heterocycles. The van der Waals surface area contributed by atoms with E-state index in [2.05, 4.69) is 69.3 Å². The number of benzene rings is 2. The van der Waals surface area contributed by atoms with Crippen LogP contribution in [-0.4, -0.2) is 11.7 Å². The Morgan fingerprint density at radius 2 is 1.75 bits per heavy atom. The molecule has 0 amide bonds. The minimum absolute atomic E-state index is 0.268. The Morgan fingerprint density at radius 3 is 2.38 bits per heavy atom. The third-order valence-electron chi connectivity index (χ3n) is 5.03. The standard InChI is InChI=1S/C23H31O/c1-4-18(2)23(16-20-9-6-5-7-10-20)17-22-13-12-21(11-8-14-24)15-19(22)3/h5-7,9-10,12-13,15,18,24H,4,8,11,14,16-17H2,1-3H3. The van der Waals surface area contributed by atoms with Crippen LogP contribution in [0.1, 0.15) is 48.9 Å². The van der Waals surface area contributed by atoms with Crippen LogP contribution in [0.4, 0.5) is 0 Å². The van der Waals surface area contributed by atoms with Gasteiger partial charge in [0.15, 0.2) is 0 Å². The highest BCUT2D eigenvalue weighted by Gasteiger charge is 2.18. The number of hydrogen-bond acceptors (Lipinski definition) is 1. The van der Waals surface area contributed by atoms with Crippen molar-refractivity contribution in [3.63, 3.8) is 0 Å². The van der Waals surface area contributed by atoms with Gasteiger partial charge in [-0.05, 0) is 66.7 Å². The zero-order chi connectivity index (χ0) is 17.4. The van der Waals surface area contributed by atoms with E-state index in [1.165, 1.54) is 28.7 Å². The molecule has 0 aliphatic carbocycles. The van der Waals surface area contributed by atoms with E-state index < -0.39 is 0 Å². The minimum Gasteiger partial charge on any atom is -0.396 e. The average molecular weight is 324 g/mol. The summed E-state index contributed by atoms with van der Waals surface area (Å²) in [5.41, 5.74) is 5.55. The van der Waals surface area contributed by atoms with Gasteiger partial charge < -0.3 is 5.11 Å². The smallest absolute Gasteiger partial charge is 0.0434 e. The summed E-state index contributed by atoms with van der Waals surface area (Å²) in [7, 11) is 0. The molecular formula is C23H31O. The fraction of sp³-hybridized carbons (Fsp3) is 0.435. The summed E-state index contributed by atoms with van der Waals surface area (Å²) in [4.78, 5) is 0. The molecule has 1 atom stereocenters. The summed E-state index contributed by atoms with van der Waals surface area (Å²) < 4.78 is 0. The maximum Gasteiger partial charge on any atom is 0.0434 e.